The monoisotopic (exact) mass is 513 g/mol. The van der Waals surface area contributed by atoms with E-state index >= 15 is 0 Å². The van der Waals surface area contributed by atoms with Gasteiger partial charge in [-0.15, -0.1) is 0 Å². The highest BCUT2D eigenvalue weighted by molar-refractivity contribution is 6.37. The number of ether oxygens (including phenoxy) is 3. The smallest absolute Gasteiger partial charge is 0.371 e. The van der Waals surface area contributed by atoms with Crippen LogP contribution in [0.3, 0.4) is 0 Å². The van der Waals surface area contributed by atoms with Crippen LogP contribution in [0.25, 0.3) is 10.9 Å². The van der Waals surface area contributed by atoms with Crippen molar-refractivity contribution >= 4 is 51.4 Å². The van der Waals surface area contributed by atoms with E-state index in [1.165, 1.54) is 38.6 Å². The molecule has 35 heavy (non-hydrogen) atoms. The molecule has 2 aromatic carbocycles. The number of nitriles is 1. The summed E-state index contributed by atoms with van der Waals surface area (Å²) in [5.74, 6) is 0.0898. The third-order valence-electron chi connectivity index (χ3n) is 5.02. The number of benzene rings is 2. The highest BCUT2D eigenvalue weighted by atomic mass is 35.5. The molecule has 0 aliphatic heterocycles. The molecule has 9 nitrogen and oxygen atoms in total. The van der Waals surface area contributed by atoms with Gasteiger partial charge < -0.3 is 29.1 Å². The Balaban J connectivity index is 1.73. The Bertz CT molecular complexity index is 1480. The fourth-order valence-electron chi connectivity index (χ4n) is 3.33. The number of carboxylic acid groups (broad SMARTS) is 1. The van der Waals surface area contributed by atoms with Crippen LogP contribution in [-0.2, 0) is 6.61 Å². The molecule has 2 aromatic heterocycles. The number of rotatable bonds is 8. The van der Waals surface area contributed by atoms with Gasteiger partial charge in [0.1, 0.15) is 24.2 Å². The van der Waals surface area contributed by atoms with Gasteiger partial charge in [-0.25, -0.2) is 4.79 Å². The van der Waals surface area contributed by atoms with Crippen LogP contribution in [0, 0.1) is 11.3 Å². The molecule has 0 saturated carbocycles. The number of aromatic nitrogens is 1. The molecule has 178 valence electrons. The third kappa shape index (κ3) is 4.89. The predicted molar refractivity (Wildman–Crippen MR) is 129 cm³/mol. The van der Waals surface area contributed by atoms with Crippen molar-refractivity contribution in [2.24, 2.45) is 0 Å². The van der Waals surface area contributed by atoms with Crippen LogP contribution in [0.15, 0.2) is 47.0 Å². The van der Waals surface area contributed by atoms with Crippen molar-refractivity contribution in [2.75, 3.05) is 19.5 Å². The summed E-state index contributed by atoms with van der Waals surface area (Å²) in [4.78, 5) is 15.4. The Morgan fingerprint density at radius 1 is 1.11 bits per heavy atom. The second-order valence-corrected chi connectivity index (χ2v) is 7.94. The molecular weight excluding hydrogens is 497 g/mol. The van der Waals surface area contributed by atoms with Gasteiger partial charge in [0, 0.05) is 23.7 Å². The lowest BCUT2D eigenvalue weighted by atomic mass is 10.1. The minimum atomic E-state index is -1.17. The summed E-state index contributed by atoms with van der Waals surface area (Å²) in [6, 6.07) is 11.5. The summed E-state index contributed by atoms with van der Waals surface area (Å²) in [5.41, 5.74) is 1.70. The van der Waals surface area contributed by atoms with E-state index in [-0.39, 0.29) is 17.9 Å². The van der Waals surface area contributed by atoms with Gasteiger partial charge in [0.05, 0.1) is 46.7 Å². The predicted octanol–water partition coefficient (Wildman–Crippen LogP) is 6.04. The fourth-order valence-corrected chi connectivity index (χ4v) is 3.83. The SMILES string of the molecule is COc1cc(Nc2c(C#N)cnc3cc(OCc4ccc(C(=O)O)o4)c(OC)cc23)c(Cl)cc1Cl. The molecular formula is C24H17Cl2N3O6. The summed E-state index contributed by atoms with van der Waals surface area (Å²) < 4.78 is 21.8. The number of carboxylic acids is 1. The molecule has 0 bridgehead atoms. The number of nitrogens with zero attached hydrogens (tertiary/aromatic N) is 2. The first-order chi connectivity index (χ1) is 16.8. The number of pyridine rings is 1. The highest BCUT2D eigenvalue weighted by Gasteiger charge is 2.17. The average molecular weight is 514 g/mol. The summed E-state index contributed by atoms with van der Waals surface area (Å²) in [6.45, 7) is -0.0310. The Kier molecular flexibility index (Phi) is 6.87. The number of carbonyl (C=O) groups is 1. The van der Waals surface area contributed by atoms with Crippen molar-refractivity contribution in [3.8, 4) is 23.3 Å². The van der Waals surface area contributed by atoms with Crippen LogP contribution >= 0.6 is 23.2 Å². The number of methoxy groups -OCH3 is 2. The first kappa shape index (κ1) is 24.0. The number of hydrogen-bond donors (Lipinski definition) is 2. The second-order valence-electron chi connectivity index (χ2n) is 7.13. The van der Waals surface area contributed by atoms with Crippen LogP contribution in [0.5, 0.6) is 17.2 Å². The summed E-state index contributed by atoms with van der Waals surface area (Å²) in [5, 5.41) is 23.1. The minimum absolute atomic E-state index is 0.0310. The number of fused-ring (bicyclic) bond motifs is 1. The molecule has 0 saturated heterocycles. The molecule has 0 unspecified atom stereocenters. The summed E-state index contributed by atoms with van der Waals surface area (Å²) >= 11 is 12.5. The van der Waals surface area contributed by atoms with E-state index in [2.05, 4.69) is 16.4 Å². The van der Waals surface area contributed by atoms with E-state index in [1.54, 1.807) is 18.2 Å². The van der Waals surface area contributed by atoms with Crippen LogP contribution in [0.2, 0.25) is 10.0 Å². The fraction of sp³-hybridized carbons (Fsp3) is 0.125. The van der Waals surface area contributed by atoms with Gasteiger partial charge in [0.15, 0.2) is 11.5 Å². The largest absolute Gasteiger partial charge is 0.495 e. The summed E-state index contributed by atoms with van der Waals surface area (Å²) in [7, 11) is 2.96. The third-order valence-corrected chi connectivity index (χ3v) is 5.63. The Morgan fingerprint density at radius 2 is 1.89 bits per heavy atom. The summed E-state index contributed by atoms with van der Waals surface area (Å²) in [6.07, 6.45) is 1.42. The average Bonchev–Trinajstić information content (AvgIpc) is 3.33. The lowest BCUT2D eigenvalue weighted by molar-refractivity contribution is 0.0658. The molecule has 0 fully saturated rings. The van der Waals surface area contributed by atoms with Crippen LogP contribution in [-0.4, -0.2) is 30.3 Å². The lowest BCUT2D eigenvalue weighted by Crippen LogP contribution is -2.01. The maximum Gasteiger partial charge on any atom is 0.371 e. The van der Waals surface area contributed by atoms with Gasteiger partial charge in [-0.3, -0.25) is 4.98 Å². The Labute approximate surface area is 209 Å². The maximum atomic E-state index is 11.0. The van der Waals surface area contributed by atoms with E-state index < -0.39 is 5.97 Å². The van der Waals surface area contributed by atoms with Crippen molar-refractivity contribution in [1.29, 1.82) is 5.26 Å². The number of furan rings is 1. The quantitative estimate of drug-likeness (QED) is 0.289. The minimum Gasteiger partial charge on any atom is -0.495 e. The van der Waals surface area contributed by atoms with E-state index in [0.29, 0.717) is 55.3 Å². The molecule has 0 radical (unpaired) electrons. The number of halogens is 2. The number of hydrogen-bond acceptors (Lipinski definition) is 8. The van der Waals surface area contributed by atoms with E-state index in [4.69, 9.17) is 46.9 Å². The number of nitrogens with one attached hydrogen (secondary N) is 1. The van der Waals surface area contributed by atoms with Gasteiger partial charge in [0.2, 0.25) is 5.76 Å². The molecule has 2 N–H and O–H groups in total. The Hall–Kier alpha value is -4.13. The second kappa shape index (κ2) is 10.0. The van der Waals surface area contributed by atoms with Crippen molar-refractivity contribution < 1.29 is 28.5 Å². The molecule has 2 heterocycles. The maximum absolute atomic E-state index is 11.0. The molecule has 0 atom stereocenters. The first-order valence-electron chi connectivity index (χ1n) is 10.00. The van der Waals surface area contributed by atoms with Crippen LogP contribution < -0.4 is 19.5 Å². The van der Waals surface area contributed by atoms with Gasteiger partial charge in [-0.05, 0) is 24.3 Å². The molecule has 11 heteroatoms. The van der Waals surface area contributed by atoms with E-state index in [0.717, 1.165) is 0 Å². The van der Waals surface area contributed by atoms with Crippen LogP contribution in [0.1, 0.15) is 21.9 Å². The van der Waals surface area contributed by atoms with Crippen molar-refractivity contribution in [3.63, 3.8) is 0 Å². The lowest BCUT2D eigenvalue weighted by Gasteiger charge is -2.16. The number of anilines is 2. The first-order valence-corrected chi connectivity index (χ1v) is 10.8. The van der Waals surface area contributed by atoms with Crippen molar-refractivity contribution in [3.05, 3.63) is 69.7 Å². The zero-order chi connectivity index (χ0) is 25.1. The van der Waals surface area contributed by atoms with Crippen LogP contribution in [0.4, 0.5) is 11.4 Å². The molecule has 4 rings (SSSR count). The topological polar surface area (TPSA) is 127 Å². The van der Waals surface area contributed by atoms with Crippen molar-refractivity contribution in [2.45, 2.75) is 6.61 Å². The van der Waals surface area contributed by atoms with Gasteiger partial charge in [0.25, 0.3) is 0 Å². The molecule has 4 aromatic rings. The van der Waals surface area contributed by atoms with Crippen molar-refractivity contribution in [1.82, 2.24) is 4.98 Å². The van der Waals surface area contributed by atoms with Gasteiger partial charge in [-0.2, -0.15) is 5.26 Å². The van der Waals surface area contributed by atoms with E-state index in [9.17, 15) is 10.1 Å². The molecule has 0 spiro atoms. The standard InChI is InChI=1S/C24H17Cl2N3O6/c1-32-20-8-18(15(25)6-16(20)26)29-23-12(9-27)10-28-17-7-22(21(33-2)5-14(17)23)34-11-13-3-4-19(35-13)24(30)31/h3-8,10H,11H2,1-2H3,(H,28,29)(H,30,31). The molecule has 0 aliphatic rings. The van der Waals surface area contributed by atoms with Gasteiger partial charge in [-0.1, -0.05) is 23.2 Å². The highest BCUT2D eigenvalue weighted by Crippen LogP contribution is 2.40. The normalized spacial score (nSPS) is 10.6. The zero-order valence-corrected chi connectivity index (χ0v) is 19.9. The van der Waals surface area contributed by atoms with E-state index in [1.807, 2.05) is 0 Å². The van der Waals surface area contributed by atoms with Gasteiger partial charge >= 0.3 is 5.97 Å². The molecule has 0 amide bonds. The molecule has 0 aliphatic carbocycles. The zero-order valence-electron chi connectivity index (χ0n) is 18.4. The Morgan fingerprint density at radius 3 is 2.54 bits per heavy atom. The number of aromatic carboxylic acids is 1.